The van der Waals surface area contributed by atoms with Crippen LogP contribution in [0.25, 0.3) is 0 Å². The largest absolute Gasteiger partial charge is 0.462 e. The molecule has 0 N–H and O–H groups in total. The van der Waals surface area contributed by atoms with Gasteiger partial charge in [0, 0.05) is 19.3 Å². The lowest BCUT2D eigenvalue weighted by atomic mass is 10.1. The fourth-order valence-corrected chi connectivity index (χ4v) is 6.89. The van der Waals surface area contributed by atoms with Crippen molar-refractivity contribution in [3.63, 3.8) is 0 Å². The summed E-state index contributed by atoms with van der Waals surface area (Å²) in [6.07, 6.45) is 61.7. The summed E-state index contributed by atoms with van der Waals surface area (Å²) in [7, 11) is 0. The first-order valence-electron chi connectivity index (χ1n) is 25.4. The van der Waals surface area contributed by atoms with Gasteiger partial charge in [0.25, 0.3) is 0 Å². The van der Waals surface area contributed by atoms with Crippen LogP contribution in [0.5, 0.6) is 0 Å². The predicted octanol–water partition coefficient (Wildman–Crippen LogP) is 16.6. The molecule has 0 aliphatic heterocycles. The van der Waals surface area contributed by atoms with Gasteiger partial charge in [0.2, 0.25) is 0 Å². The highest BCUT2D eigenvalue weighted by atomic mass is 16.6. The third-order valence-electron chi connectivity index (χ3n) is 10.7. The first-order valence-corrected chi connectivity index (χ1v) is 25.4. The van der Waals surface area contributed by atoms with Crippen molar-refractivity contribution >= 4 is 17.9 Å². The number of rotatable bonds is 45. The van der Waals surface area contributed by atoms with Crippen LogP contribution in [0.2, 0.25) is 0 Å². The normalized spacial score (nSPS) is 12.6. The predicted molar refractivity (Wildman–Crippen MR) is 261 cm³/mol. The average molecular weight is 851 g/mol. The fraction of sp³-hybridized carbons (Fsp3) is 0.727. The van der Waals surface area contributed by atoms with Crippen LogP contribution < -0.4 is 0 Å². The Morgan fingerprint density at radius 2 is 0.639 bits per heavy atom. The van der Waals surface area contributed by atoms with E-state index in [1.54, 1.807) is 0 Å². The Bertz CT molecular complexity index is 1160. The summed E-state index contributed by atoms with van der Waals surface area (Å²) in [4.78, 5) is 37.9. The highest BCUT2D eigenvalue weighted by Crippen LogP contribution is 2.14. The quantitative estimate of drug-likeness (QED) is 0.0263. The molecule has 61 heavy (non-hydrogen) atoms. The minimum atomic E-state index is -0.784. The molecule has 6 nitrogen and oxygen atoms in total. The molecule has 6 heteroatoms. The van der Waals surface area contributed by atoms with Gasteiger partial charge < -0.3 is 14.2 Å². The fourth-order valence-electron chi connectivity index (χ4n) is 6.89. The molecule has 0 amide bonds. The van der Waals surface area contributed by atoms with E-state index in [1.807, 2.05) is 0 Å². The van der Waals surface area contributed by atoms with Gasteiger partial charge in [-0.25, -0.2) is 0 Å². The Labute approximate surface area is 376 Å². The van der Waals surface area contributed by atoms with Gasteiger partial charge in [0.05, 0.1) is 0 Å². The van der Waals surface area contributed by atoms with Crippen molar-refractivity contribution in [1.29, 1.82) is 0 Å². The number of unbranched alkanes of at least 4 members (excludes halogenated alkanes) is 22. The van der Waals surface area contributed by atoms with E-state index in [-0.39, 0.29) is 31.1 Å². The number of hydrogen-bond donors (Lipinski definition) is 0. The lowest BCUT2D eigenvalue weighted by Crippen LogP contribution is -2.30. The van der Waals surface area contributed by atoms with Gasteiger partial charge in [0.1, 0.15) is 13.2 Å². The van der Waals surface area contributed by atoms with Crippen LogP contribution in [0.4, 0.5) is 0 Å². The molecule has 0 saturated carbocycles. The molecular weight excluding hydrogens is 757 g/mol. The summed E-state index contributed by atoms with van der Waals surface area (Å²) < 4.78 is 16.8. The average Bonchev–Trinajstić information content (AvgIpc) is 3.26. The van der Waals surface area contributed by atoms with E-state index in [0.717, 1.165) is 116 Å². The standard InChI is InChI=1S/C55H94O6/c1-4-7-10-13-16-19-22-24-26-27-28-29-30-32-33-36-39-42-45-48-54(57)60-51-52(50-59-53(56)47-44-41-38-35-21-18-15-12-9-6-3)61-55(58)49-46-43-40-37-34-31-25-23-20-17-14-11-8-5-2/h7-8,10-11,15-20,24,26,52H,4-6,9,12-14,21-23,25,27-51H2,1-3H3/b10-7-,11-8-,18-15-,19-16-,20-17-,26-24-. The summed E-state index contributed by atoms with van der Waals surface area (Å²) in [5, 5.41) is 0. The van der Waals surface area contributed by atoms with Crippen LogP contribution in [-0.4, -0.2) is 37.2 Å². The molecule has 0 aromatic heterocycles. The summed E-state index contributed by atoms with van der Waals surface area (Å²) in [5.74, 6) is -0.913. The molecule has 0 aromatic rings. The summed E-state index contributed by atoms with van der Waals surface area (Å²) in [6.45, 7) is 6.36. The minimum Gasteiger partial charge on any atom is -0.462 e. The molecule has 0 aliphatic rings. The molecule has 0 rings (SSSR count). The minimum absolute atomic E-state index is 0.0853. The molecule has 0 bridgehead atoms. The molecule has 350 valence electrons. The molecule has 0 aliphatic carbocycles. The van der Waals surface area contributed by atoms with Gasteiger partial charge in [-0.05, 0) is 96.3 Å². The van der Waals surface area contributed by atoms with E-state index in [2.05, 4.69) is 93.7 Å². The highest BCUT2D eigenvalue weighted by Gasteiger charge is 2.19. The third-order valence-corrected chi connectivity index (χ3v) is 10.7. The second kappa shape index (κ2) is 49.5. The second-order valence-corrected chi connectivity index (χ2v) is 16.7. The zero-order valence-corrected chi connectivity index (χ0v) is 39.9. The monoisotopic (exact) mass is 851 g/mol. The van der Waals surface area contributed by atoms with Crippen molar-refractivity contribution in [3.05, 3.63) is 72.9 Å². The summed E-state index contributed by atoms with van der Waals surface area (Å²) >= 11 is 0. The molecule has 1 atom stereocenters. The van der Waals surface area contributed by atoms with E-state index in [9.17, 15) is 14.4 Å². The van der Waals surface area contributed by atoms with Crippen molar-refractivity contribution in [2.45, 2.75) is 245 Å². The Morgan fingerprint density at radius 1 is 0.344 bits per heavy atom. The lowest BCUT2D eigenvalue weighted by molar-refractivity contribution is -0.167. The molecule has 0 heterocycles. The number of ether oxygens (including phenoxy) is 3. The van der Waals surface area contributed by atoms with Gasteiger partial charge in [-0.1, -0.05) is 196 Å². The smallest absolute Gasteiger partial charge is 0.306 e. The van der Waals surface area contributed by atoms with E-state index in [4.69, 9.17) is 14.2 Å². The maximum Gasteiger partial charge on any atom is 0.306 e. The number of esters is 3. The first-order chi connectivity index (χ1) is 30.0. The molecular formula is C55H94O6. The van der Waals surface area contributed by atoms with Crippen molar-refractivity contribution in [2.75, 3.05) is 13.2 Å². The Morgan fingerprint density at radius 3 is 1.02 bits per heavy atom. The second-order valence-electron chi connectivity index (χ2n) is 16.7. The van der Waals surface area contributed by atoms with Crippen molar-refractivity contribution in [2.24, 2.45) is 0 Å². The van der Waals surface area contributed by atoms with Crippen LogP contribution in [0.15, 0.2) is 72.9 Å². The molecule has 0 saturated heterocycles. The zero-order valence-electron chi connectivity index (χ0n) is 39.9. The van der Waals surface area contributed by atoms with Gasteiger partial charge >= 0.3 is 17.9 Å². The molecule has 0 fully saturated rings. The number of hydrogen-bond acceptors (Lipinski definition) is 6. The highest BCUT2D eigenvalue weighted by molar-refractivity contribution is 5.71. The van der Waals surface area contributed by atoms with Crippen molar-refractivity contribution in [3.8, 4) is 0 Å². The lowest BCUT2D eigenvalue weighted by Gasteiger charge is -2.18. The van der Waals surface area contributed by atoms with Crippen molar-refractivity contribution in [1.82, 2.24) is 0 Å². The SMILES string of the molecule is CC/C=C\C/C=C\C/C=C\CCCCCCCCCCCC(=O)OCC(COC(=O)CCCCCC/C=C\CCCC)OC(=O)CCCCCCCCC/C=C\C/C=C\CC. The third kappa shape index (κ3) is 47.7. The number of allylic oxidation sites excluding steroid dienone is 12. The first kappa shape index (κ1) is 57.9. The molecule has 0 aromatic carbocycles. The van der Waals surface area contributed by atoms with E-state index in [0.29, 0.717) is 19.3 Å². The Balaban J connectivity index is 4.34. The number of carbonyl (C=O) groups is 3. The Hall–Kier alpha value is -3.15. The van der Waals surface area contributed by atoms with Gasteiger partial charge in [-0.2, -0.15) is 0 Å². The van der Waals surface area contributed by atoms with Gasteiger partial charge in [0.15, 0.2) is 6.10 Å². The van der Waals surface area contributed by atoms with Crippen LogP contribution >= 0.6 is 0 Å². The van der Waals surface area contributed by atoms with Gasteiger partial charge in [-0.3, -0.25) is 14.4 Å². The number of carbonyl (C=O) groups excluding carboxylic acids is 3. The van der Waals surface area contributed by atoms with Gasteiger partial charge in [-0.15, -0.1) is 0 Å². The molecule has 0 spiro atoms. The van der Waals surface area contributed by atoms with Crippen LogP contribution in [0, 0.1) is 0 Å². The van der Waals surface area contributed by atoms with E-state index in [1.165, 1.54) is 83.5 Å². The maximum absolute atomic E-state index is 12.8. The van der Waals surface area contributed by atoms with Crippen LogP contribution in [0.1, 0.15) is 239 Å². The Kier molecular flexibility index (Phi) is 46.9. The zero-order chi connectivity index (χ0) is 44.4. The topological polar surface area (TPSA) is 78.9 Å². The summed E-state index contributed by atoms with van der Waals surface area (Å²) in [5.41, 5.74) is 0. The molecule has 1 unspecified atom stereocenters. The summed E-state index contributed by atoms with van der Waals surface area (Å²) in [6, 6.07) is 0. The van der Waals surface area contributed by atoms with Crippen LogP contribution in [-0.2, 0) is 28.6 Å². The molecule has 0 radical (unpaired) electrons. The van der Waals surface area contributed by atoms with E-state index < -0.39 is 6.10 Å². The maximum atomic E-state index is 12.8. The van der Waals surface area contributed by atoms with Crippen molar-refractivity contribution < 1.29 is 28.6 Å². The van der Waals surface area contributed by atoms with Crippen LogP contribution in [0.3, 0.4) is 0 Å². The van der Waals surface area contributed by atoms with E-state index >= 15 is 0 Å².